The number of ketones is 1. The van der Waals surface area contributed by atoms with E-state index in [1.54, 1.807) is 0 Å². The summed E-state index contributed by atoms with van der Waals surface area (Å²) in [5.41, 5.74) is -0.980. The molecule has 10 heteroatoms. The van der Waals surface area contributed by atoms with Crippen LogP contribution in [0.1, 0.15) is 33.9 Å². The predicted molar refractivity (Wildman–Crippen MR) is 97.3 cm³/mol. The highest BCUT2D eigenvalue weighted by atomic mass is 16.5. The Bertz CT molecular complexity index is 1080. The summed E-state index contributed by atoms with van der Waals surface area (Å²) < 4.78 is 6.58. The summed E-state index contributed by atoms with van der Waals surface area (Å²) in [4.78, 5) is 55.8. The molecule has 10 nitrogen and oxygen atoms in total. The van der Waals surface area contributed by atoms with Gasteiger partial charge in [0.2, 0.25) is 5.91 Å². The summed E-state index contributed by atoms with van der Waals surface area (Å²) >= 11 is 0. The van der Waals surface area contributed by atoms with E-state index in [0.717, 1.165) is 11.5 Å². The highest BCUT2D eigenvalue weighted by Crippen LogP contribution is 2.37. The van der Waals surface area contributed by atoms with Gasteiger partial charge in [-0.3, -0.25) is 19.0 Å². The fourth-order valence-electron chi connectivity index (χ4n) is 3.73. The number of carbonyl (C=O) groups excluding carboxylic acids is 3. The predicted octanol–water partition coefficient (Wildman–Crippen LogP) is -0.500. The van der Waals surface area contributed by atoms with Gasteiger partial charge in [-0.15, -0.1) is 0 Å². The smallest absolute Gasteiger partial charge is 0.351 e. The molecule has 2 N–H and O–H groups in total. The zero-order chi connectivity index (χ0) is 20.9. The van der Waals surface area contributed by atoms with Crippen molar-refractivity contribution in [2.24, 2.45) is 5.92 Å². The van der Waals surface area contributed by atoms with E-state index in [1.165, 1.54) is 36.5 Å². The third kappa shape index (κ3) is 2.89. The summed E-state index contributed by atoms with van der Waals surface area (Å²) in [6.45, 7) is 0.572. The Labute approximate surface area is 164 Å². The second-order valence-corrected chi connectivity index (χ2v) is 6.81. The van der Waals surface area contributed by atoms with Gasteiger partial charge in [0, 0.05) is 18.7 Å². The molecule has 0 unspecified atom stereocenters. The van der Waals surface area contributed by atoms with Crippen molar-refractivity contribution in [1.29, 1.82) is 0 Å². The summed E-state index contributed by atoms with van der Waals surface area (Å²) in [6, 6.07) is 7.12. The van der Waals surface area contributed by atoms with Gasteiger partial charge in [-0.25, -0.2) is 9.69 Å². The summed E-state index contributed by atoms with van der Waals surface area (Å²) in [5, 5.41) is 20.1. The highest BCUT2D eigenvalue weighted by molar-refractivity contribution is 6.23. The van der Waals surface area contributed by atoms with Crippen LogP contribution in [0, 0.1) is 5.92 Å². The van der Waals surface area contributed by atoms with Crippen LogP contribution in [0.15, 0.2) is 41.3 Å². The van der Waals surface area contributed by atoms with Crippen molar-refractivity contribution in [2.75, 3.05) is 11.5 Å². The first-order valence-corrected chi connectivity index (χ1v) is 8.87. The minimum Gasteiger partial charge on any atom is -0.394 e. The van der Waals surface area contributed by atoms with Gasteiger partial charge in [-0.05, 0) is 12.1 Å². The number of ether oxygens (including phenoxy) is 1. The fourth-order valence-corrected chi connectivity index (χ4v) is 3.73. The molecule has 29 heavy (non-hydrogen) atoms. The molecule has 1 saturated heterocycles. The van der Waals surface area contributed by atoms with Crippen molar-refractivity contribution >= 4 is 23.4 Å². The molecule has 1 aromatic heterocycles. The lowest BCUT2D eigenvalue weighted by atomic mass is 9.88. The van der Waals surface area contributed by atoms with E-state index in [4.69, 9.17) is 4.74 Å². The first-order chi connectivity index (χ1) is 13.8. The molecule has 0 radical (unpaired) electrons. The molecule has 4 heterocycles. The number of hydrogen-bond donors (Lipinski definition) is 2. The molecule has 3 aliphatic rings. The van der Waals surface area contributed by atoms with Gasteiger partial charge in [0.15, 0.2) is 12.0 Å². The van der Waals surface area contributed by atoms with Gasteiger partial charge < -0.3 is 14.9 Å². The van der Waals surface area contributed by atoms with Gasteiger partial charge in [-0.2, -0.15) is 4.98 Å². The molecular formula is C19H17N3O7. The van der Waals surface area contributed by atoms with Crippen molar-refractivity contribution in [3.63, 3.8) is 0 Å². The van der Waals surface area contributed by atoms with Gasteiger partial charge in [0.1, 0.15) is 11.9 Å². The second-order valence-electron chi connectivity index (χ2n) is 6.81. The van der Waals surface area contributed by atoms with E-state index >= 15 is 0 Å². The van der Waals surface area contributed by atoms with E-state index in [0.29, 0.717) is 4.90 Å². The van der Waals surface area contributed by atoms with Crippen LogP contribution in [-0.2, 0) is 9.53 Å². The minimum atomic E-state index is -1.42. The molecule has 4 atom stereocenters. The number of Topliss-reactive ketones (excluding diaryl/α,β-unsaturated/α-hetero) is 1. The SMILES string of the molecule is CC(=O)N1C(=O)c2ccccc2C(=O)[C@@H]2[C@H](O)[C@@H](CO)O[C@H]2n2ccc1nc2=O. The first-order valence-electron chi connectivity index (χ1n) is 8.87. The average Bonchev–Trinajstić information content (AvgIpc) is 3.02. The lowest BCUT2D eigenvalue weighted by molar-refractivity contribution is -0.116. The third-order valence-electron chi connectivity index (χ3n) is 5.11. The highest BCUT2D eigenvalue weighted by Gasteiger charge is 2.49. The number of fused-ring (bicyclic) bond motifs is 3. The molecule has 5 rings (SSSR count). The van der Waals surface area contributed by atoms with Crippen LogP contribution < -0.4 is 10.6 Å². The molecule has 0 spiro atoms. The number of nitrogens with zero attached hydrogens (tertiary/aromatic N) is 3. The molecule has 2 bridgehead atoms. The van der Waals surface area contributed by atoms with E-state index in [-0.39, 0.29) is 16.9 Å². The summed E-state index contributed by atoms with van der Waals surface area (Å²) in [6.07, 6.45) is -2.52. The topological polar surface area (TPSA) is 139 Å². The molecule has 150 valence electrons. The van der Waals surface area contributed by atoms with Crippen LogP contribution in [0.25, 0.3) is 0 Å². The van der Waals surface area contributed by atoms with E-state index in [9.17, 15) is 29.4 Å². The third-order valence-corrected chi connectivity index (χ3v) is 5.11. The molecule has 2 aromatic rings. The standard InChI is InChI=1S/C19H17N3O7/c1-9(24)22-13-6-7-21(19(28)20-13)18-14(16(26)12(8-23)29-18)15(25)10-4-2-3-5-11(10)17(22)27/h2-7,12,14,16,18,23,26H,8H2,1H3/t12-,14-,16-,18-/m1/s1. The largest absolute Gasteiger partial charge is 0.394 e. The van der Waals surface area contributed by atoms with Crippen molar-refractivity contribution in [1.82, 2.24) is 9.55 Å². The van der Waals surface area contributed by atoms with Crippen LogP contribution in [0.3, 0.4) is 0 Å². The lowest BCUT2D eigenvalue weighted by Gasteiger charge is -2.21. The van der Waals surface area contributed by atoms with E-state index < -0.39 is 54.2 Å². The second kappa shape index (κ2) is 6.99. The van der Waals surface area contributed by atoms with Crippen molar-refractivity contribution in [3.05, 3.63) is 58.1 Å². The van der Waals surface area contributed by atoms with Crippen LogP contribution in [0.2, 0.25) is 0 Å². The molecule has 2 amide bonds. The van der Waals surface area contributed by atoms with Crippen molar-refractivity contribution in [3.8, 4) is 0 Å². The zero-order valence-electron chi connectivity index (χ0n) is 15.3. The molecule has 1 aromatic carbocycles. The van der Waals surface area contributed by atoms with Crippen LogP contribution in [-0.4, -0.2) is 56.2 Å². The molecule has 1 fully saturated rings. The minimum absolute atomic E-state index is 0.0319. The molecule has 3 aliphatic heterocycles. The Morgan fingerprint density at radius 3 is 2.48 bits per heavy atom. The Balaban J connectivity index is 2.01. The monoisotopic (exact) mass is 399 g/mol. The Morgan fingerprint density at radius 2 is 1.86 bits per heavy atom. The summed E-state index contributed by atoms with van der Waals surface area (Å²) in [7, 11) is 0. The number of benzene rings is 1. The quantitative estimate of drug-likeness (QED) is 0.654. The van der Waals surface area contributed by atoms with E-state index in [1.807, 2.05) is 0 Å². The number of aromatic nitrogens is 2. The first kappa shape index (κ1) is 19.1. The number of aliphatic hydroxyl groups is 2. The lowest BCUT2D eigenvalue weighted by Crippen LogP contribution is -2.38. The molecular weight excluding hydrogens is 382 g/mol. The van der Waals surface area contributed by atoms with E-state index in [2.05, 4.69) is 4.98 Å². The van der Waals surface area contributed by atoms with Crippen LogP contribution in [0.5, 0.6) is 0 Å². The number of rotatable bonds is 1. The molecule has 0 saturated carbocycles. The van der Waals surface area contributed by atoms with Gasteiger partial charge in [0.25, 0.3) is 5.91 Å². The maximum atomic E-state index is 13.3. The van der Waals surface area contributed by atoms with Crippen molar-refractivity contribution in [2.45, 2.75) is 25.4 Å². The Hall–Kier alpha value is -3.21. The Kier molecular flexibility index (Phi) is 4.61. The number of hydrogen-bond acceptors (Lipinski definition) is 8. The van der Waals surface area contributed by atoms with Gasteiger partial charge in [-0.1, -0.05) is 18.2 Å². The maximum absolute atomic E-state index is 13.3. The normalized spacial score (nSPS) is 26.1. The zero-order valence-corrected chi connectivity index (χ0v) is 15.3. The van der Waals surface area contributed by atoms with Crippen molar-refractivity contribution < 1.29 is 29.3 Å². The number of amides is 2. The Morgan fingerprint density at radius 1 is 1.17 bits per heavy atom. The fraction of sp³-hybridized carbons (Fsp3) is 0.316. The van der Waals surface area contributed by atoms with Gasteiger partial charge >= 0.3 is 5.69 Å². The molecule has 0 aliphatic carbocycles. The average molecular weight is 399 g/mol. The number of imide groups is 1. The van der Waals surface area contributed by atoms with Crippen LogP contribution in [0.4, 0.5) is 5.82 Å². The summed E-state index contributed by atoms with van der Waals surface area (Å²) in [5.74, 6) is -3.62. The van der Waals surface area contributed by atoms with Gasteiger partial charge in [0.05, 0.1) is 24.2 Å². The number of aliphatic hydroxyl groups excluding tert-OH is 2. The maximum Gasteiger partial charge on any atom is 0.351 e. The number of anilines is 1. The van der Waals surface area contributed by atoms with Crippen LogP contribution >= 0.6 is 0 Å². The number of carbonyl (C=O) groups is 3.